The number of hydrogen-bond acceptors (Lipinski definition) is 5. The Morgan fingerprint density at radius 1 is 1.36 bits per heavy atom. The number of hydrogen-bond donors (Lipinski definition) is 1. The van der Waals surface area contributed by atoms with E-state index in [1.165, 1.54) is 0 Å². The van der Waals surface area contributed by atoms with Gasteiger partial charge in [-0.05, 0) is 19.4 Å². The molecule has 6 heteroatoms. The molecule has 0 radical (unpaired) electrons. The maximum Gasteiger partial charge on any atom is 0.287 e. The summed E-state index contributed by atoms with van der Waals surface area (Å²) in [4.78, 5) is 14.7. The van der Waals surface area contributed by atoms with Gasteiger partial charge < -0.3 is 19.2 Å². The van der Waals surface area contributed by atoms with E-state index in [9.17, 15) is 4.79 Å². The van der Waals surface area contributed by atoms with E-state index in [0.717, 1.165) is 51.5 Å². The van der Waals surface area contributed by atoms with Crippen molar-refractivity contribution in [3.63, 3.8) is 0 Å². The van der Waals surface area contributed by atoms with Crippen LogP contribution in [0, 0.1) is 12.8 Å². The third-order valence-corrected chi connectivity index (χ3v) is 4.56. The summed E-state index contributed by atoms with van der Waals surface area (Å²) in [6.07, 6.45) is 2.60. The first-order valence-electron chi connectivity index (χ1n) is 7.97. The van der Waals surface area contributed by atoms with Crippen molar-refractivity contribution in [1.82, 2.24) is 10.2 Å². The van der Waals surface area contributed by atoms with Crippen molar-refractivity contribution in [2.75, 3.05) is 46.1 Å². The first kappa shape index (κ1) is 15.5. The number of aryl methyl sites for hydroxylation is 1. The maximum absolute atomic E-state index is 12.2. The molecule has 2 aliphatic rings. The fourth-order valence-electron chi connectivity index (χ4n) is 3.24. The quantitative estimate of drug-likeness (QED) is 0.881. The van der Waals surface area contributed by atoms with Crippen LogP contribution in [0.2, 0.25) is 0 Å². The minimum Gasteiger partial charge on any atom is -0.459 e. The topological polar surface area (TPSA) is 63.9 Å². The van der Waals surface area contributed by atoms with E-state index >= 15 is 0 Å². The van der Waals surface area contributed by atoms with Crippen molar-refractivity contribution in [3.05, 3.63) is 23.7 Å². The summed E-state index contributed by atoms with van der Waals surface area (Å²) in [7, 11) is 0. The molecule has 1 aromatic rings. The second kappa shape index (κ2) is 7.26. The molecule has 3 rings (SSSR count). The number of rotatable bonds is 5. The third kappa shape index (κ3) is 3.51. The summed E-state index contributed by atoms with van der Waals surface area (Å²) >= 11 is 0. The van der Waals surface area contributed by atoms with Gasteiger partial charge in [-0.1, -0.05) is 0 Å². The van der Waals surface area contributed by atoms with Gasteiger partial charge in [-0.15, -0.1) is 0 Å². The van der Waals surface area contributed by atoms with Crippen LogP contribution in [0.3, 0.4) is 0 Å². The van der Waals surface area contributed by atoms with Gasteiger partial charge >= 0.3 is 0 Å². The monoisotopic (exact) mass is 308 g/mol. The number of carbonyl (C=O) groups is 1. The number of amides is 1. The van der Waals surface area contributed by atoms with Crippen LogP contribution >= 0.6 is 0 Å². The third-order valence-electron chi connectivity index (χ3n) is 4.56. The Balaban J connectivity index is 1.62. The molecule has 0 unspecified atom stereocenters. The van der Waals surface area contributed by atoms with Gasteiger partial charge in [0.25, 0.3) is 5.91 Å². The average Bonchev–Trinajstić information content (AvgIpc) is 3.20. The van der Waals surface area contributed by atoms with Crippen LogP contribution in [0.15, 0.2) is 16.7 Å². The van der Waals surface area contributed by atoms with Gasteiger partial charge in [-0.3, -0.25) is 9.69 Å². The Kier molecular flexibility index (Phi) is 5.12. The van der Waals surface area contributed by atoms with Crippen molar-refractivity contribution >= 4 is 5.91 Å². The van der Waals surface area contributed by atoms with E-state index in [1.807, 2.05) is 6.92 Å². The number of ether oxygens (including phenoxy) is 2. The fraction of sp³-hybridized carbons (Fsp3) is 0.688. The summed E-state index contributed by atoms with van der Waals surface area (Å²) in [5.74, 6) is 0.735. The predicted octanol–water partition coefficient (Wildman–Crippen LogP) is 1.06. The molecule has 22 heavy (non-hydrogen) atoms. The lowest BCUT2D eigenvalue weighted by atomic mass is 9.97. The molecule has 2 aliphatic heterocycles. The molecule has 6 nitrogen and oxygen atoms in total. The van der Waals surface area contributed by atoms with Crippen LogP contribution in [0.1, 0.15) is 22.5 Å². The van der Waals surface area contributed by atoms with Crippen molar-refractivity contribution in [2.45, 2.75) is 19.4 Å². The minimum absolute atomic E-state index is 0.139. The Hall–Kier alpha value is -1.37. The van der Waals surface area contributed by atoms with E-state index in [0.29, 0.717) is 24.3 Å². The molecule has 0 spiro atoms. The smallest absolute Gasteiger partial charge is 0.287 e. The summed E-state index contributed by atoms with van der Waals surface area (Å²) < 4.78 is 16.2. The summed E-state index contributed by atoms with van der Waals surface area (Å²) in [6.45, 7) is 7.43. The lowest BCUT2D eigenvalue weighted by Crippen LogP contribution is -2.52. The average molecular weight is 308 g/mol. The molecule has 2 saturated heterocycles. The highest BCUT2D eigenvalue weighted by Crippen LogP contribution is 2.22. The minimum atomic E-state index is -0.139. The second-order valence-electron chi connectivity index (χ2n) is 5.98. The number of furan rings is 1. The van der Waals surface area contributed by atoms with Crippen LogP contribution in [0.25, 0.3) is 0 Å². The number of nitrogens with zero attached hydrogens (tertiary/aromatic N) is 1. The highest BCUT2D eigenvalue weighted by molar-refractivity contribution is 5.92. The van der Waals surface area contributed by atoms with E-state index in [-0.39, 0.29) is 5.91 Å². The summed E-state index contributed by atoms with van der Waals surface area (Å²) in [5, 5.41) is 3.03. The maximum atomic E-state index is 12.2. The van der Waals surface area contributed by atoms with E-state index in [2.05, 4.69) is 10.2 Å². The zero-order chi connectivity index (χ0) is 15.4. The molecule has 0 aliphatic carbocycles. The van der Waals surface area contributed by atoms with Gasteiger partial charge in [0.1, 0.15) is 0 Å². The van der Waals surface area contributed by atoms with Crippen molar-refractivity contribution in [2.24, 2.45) is 5.92 Å². The molecule has 1 N–H and O–H groups in total. The predicted molar refractivity (Wildman–Crippen MR) is 80.9 cm³/mol. The summed E-state index contributed by atoms with van der Waals surface area (Å²) in [6, 6.07) is 2.10. The van der Waals surface area contributed by atoms with Gasteiger partial charge in [0.2, 0.25) is 0 Å². The molecule has 0 saturated carbocycles. The molecule has 2 fully saturated rings. The normalized spacial score (nSPS) is 24.3. The molecule has 0 bridgehead atoms. The number of morpholine rings is 1. The molecule has 0 aromatic carbocycles. The number of carbonyl (C=O) groups excluding carboxylic acids is 1. The number of nitrogens with one attached hydrogen (secondary N) is 1. The molecule has 1 amide bonds. The van der Waals surface area contributed by atoms with E-state index in [4.69, 9.17) is 13.9 Å². The van der Waals surface area contributed by atoms with Crippen LogP contribution in [-0.4, -0.2) is 62.9 Å². The Bertz CT molecular complexity index is 490. The highest BCUT2D eigenvalue weighted by atomic mass is 16.5. The van der Waals surface area contributed by atoms with E-state index in [1.54, 1.807) is 12.3 Å². The van der Waals surface area contributed by atoms with Crippen LogP contribution < -0.4 is 5.32 Å². The van der Waals surface area contributed by atoms with Gasteiger partial charge in [0.15, 0.2) is 5.76 Å². The molecule has 3 heterocycles. The zero-order valence-corrected chi connectivity index (χ0v) is 13.0. The van der Waals surface area contributed by atoms with Gasteiger partial charge in [0, 0.05) is 43.8 Å². The van der Waals surface area contributed by atoms with Gasteiger partial charge in [-0.2, -0.15) is 0 Å². The fourth-order valence-corrected chi connectivity index (χ4v) is 3.24. The molecule has 122 valence electrons. The SMILES string of the molecule is Cc1ccoc1C(=O)NC[C@H]([C@@H]1CCOC1)N1CCOCC1. The van der Waals surface area contributed by atoms with Crippen molar-refractivity contribution in [1.29, 1.82) is 0 Å². The standard InChI is InChI=1S/C16H24N2O4/c1-12-2-7-22-15(12)16(19)17-10-14(13-3-6-21-11-13)18-4-8-20-9-5-18/h2,7,13-14H,3-6,8-11H2,1H3,(H,17,19)/t13-,14-/m1/s1. The molecule has 2 atom stereocenters. The van der Waals surface area contributed by atoms with Crippen LogP contribution in [0.4, 0.5) is 0 Å². The lowest BCUT2D eigenvalue weighted by molar-refractivity contribution is 0.00160. The van der Waals surface area contributed by atoms with Crippen molar-refractivity contribution in [3.8, 4) is 0 Å². The Morgan fingerprint density at radius 2 is 2.18 bits per heavy atom. The summed E-state index contributed by atoms with van der Waals surface area (Å²) in [5.41, 5.74) is 0.865. The second-order valence-corrected chi connectivity index (χ2v) is 5.98. The first-order valence-corrected chi connectivity index (χ1v) is 7.97. The van der Waals surface area contributed by atoms with Crippen LogP contribution in [0.5, 0.6) is 0 Å². The molecular formula is C16H24N2O4. The van der Waals surface area contributed by atoms with Gasteiger partial charge in [0.05, 0.1) is 26.1 Å². The van der Waals surface area contributed by atoms with E-state index < -0.39 is 0 Å². The van der Waals surface area contributed by atoms with Gasteiger partial charge in [-0.25, -0.2) is 0 Å². The molecule has 1 aromatic heterocycles. The molecular weight excluding hydrogens is 284 g/mol. The Labute approximate surface area is 130 Å². The lowest BCUT2D eigenvalue weighted by Gasteiger charge is -2.37. The van der Waals surface area contributed by atoms with Crippen LogP contribution in [-0.2, 0) is 9.47 Å². The first-order chi connectivity index (χ1) is 10.8. The Morgan fingerprint density at radius 3 is 2.82 bits per heavy atom. The largest absolute Gasteiger partial charge is 0.459 e. The highest BCUT2D eigenvalue weighted by Gasteiger charge is 2.32. The van der Waals surface area contributed by atoms with Crippen molar-refractivity contribution < 1.29 is 18.7 Å². The zero-order valence-electron chi connectivity index (χ0n) is 13.0.